The number of hydrogen-bond donors (Lipinski definition) is 0. The summed E-state index contributed by atoms with van der Waals surface area (Å²) in [7, 11) is -1.68. The third kappa shape index (κ3) is 6.85. The molecule has 0 amide bonds. The summed E-state index contributed by atoms with van der Waals surface area (Å²) in [5, 5.41) is 0. The zero-order chi connectivity index (χ0) is 16.5. The molecule has 2 rings (SSSR count). The molecule has 0 radical (unpaired) electrons. The highest BCUT2D eigenvalue weighted by Gasteiger charge is 2.32. The first kappa shape index (κ1) is 21.7. The maximum atomic E-state index is 11.5. The lowest BCUT2D eigenvalue weighted by Crippen LogP contribution is -2.21. The molecule has 3 atom stereocenters. The molecular weight excluding hydrogens is 292 g/mol. The third-order valence-electron chi connectivity index (χ3n) is 5.04. The Kier molecular flexibility index (Phi) is 7.40. The zero-order valence-corrected chi connectivity index (χ0v) is 15.6. The van der Waals surface area contributed by atoms with Gasteiger partial charge in [-0.2, -0.15) is 0 Å². The lowest BCUT2D eigenvalue weighted by Gasteiger charge is -2.25. The predicted molar refractivity (Wildman–Crippen MR) is 101 cm³/mol. The molecule has 3 unspecified atom stereocenters. The highest BCUT2D eigenvalue weighted by atomic mass is 32.2. The van der Waals surface area contributed by atoms with E-state index >= 15 is 0 Å². The number of carbonyl (C=O) groups is 1. The highest BCUT2D eigenvalue weighted by molar-refractivity contribution is 8.00. The van der Waals surface area contributed by atoms with Gasteiger partial charge in [-0.15, -0.1) is 0 Å². The standard InChI is InChI=1S/C9H18OS.C9H16O.CH4/c1-9(2,3)8-5-6-11(4,10)7-8;1-9(2,3)7-4-5-8(10)6-7;/h8H,4-7H2,1-3H3;7H,4-6H2,1-3H3;1H4. The Labute approximate surface area is 139 Å². The molecule has 0 N–H and O–H groups in total. The number of hydrogen-bond acceptors (Lipinski definition) is 2. The quantitative estimate of drug-likeness (QED) is 0.597. The van der Waals surface area contributed by atoms with Crippen LogP contribution in [0.1, 0.15) is 74.7 Å². The first-order valence-corrected chi connectivity index (χ1v) is 10.2. The average Bonchev–Trinajstić information content (AvgIpc) is 2.83. The van der Waals surface area contributed by atoms with Crippen LogP contribution >= 0.6 is 0 Å². The fraction of sp³-hybridized carbons (Fsp3) is 0.895. The van der Waals surface area contributed by atoms with Crippen molar-refractivity contribution in [1.82, 2.24) is 0 Å². The highest BCUT2D eigenvalue weighted by Crippen LogP contribution is 2.37. The van der Waals surface area contributed by atoms with Gasteiger partial charge in [0.1, 0.15) is 5.78 Å². The van der Waals surface area contributed by atoms with E-state index in [1.54, 1.807) is 0 Å². The van der Waals surface area contributed by atoms with E-state index in [2.05, 4.69) is 47.4 Å². The van der Waals surface area contributed by atoms with Gasteiger partial charge in [0, 0.05) is 24.3 Å². The molecule has 2 aliphatic rings. The summed E-state index contributed by atoms with van der Waals surface area (Å²) >= 11 is 0. The van der Waals surface area contributed by atoms with Gasteiger partial charge in [0.2, 0.25) is 0 Å². The molecule has 0 aromatic carbocycles. The first-order chi connectivity index (χ1) is 9.31. The Morgan fingerprint density at radius 2 is 1.50 bits per heavy atom. The van der Waals surface area contributed by atoms with Crippen molar-refractivity contribution < 1.29 is 9.00 Å². The minimum absolute atomic E-state index is 0. The van der Waals surface area contributed by atoms with Gasteiger partial charge in [-0.1, -0.05) is 49.0 Å². The normalized spacial score (nSPS) is 32.2. The summed E-state index contributed by atoms with van der Waals surface area (Å²) < 4.78 is 11.5. The van der Waals surface area contributed by atoms with E-state index < -0.39 is 9.52 Å². The van der Waals surface area contributed by atoms with Crippen molar-refractivity contribution in [2.45, 2.75) is 74.7 Å². The molecular formula is C19H38O2S. The molecule has 1 saturated carbocycles. The SMILES string of the molecule is C.C=S1(=O)CCC(C(C)(C)C)C1.CC(C)(C)C1CCC(=O)C1. The van der Waals surface area contributed by atoms with E-state index in [0.29, 0.717) is 28.4 Å². The van der Waals surface area contributed by atoms with Crippen LogP contribution in [0.25, 0.3) is 0 Å². The lowest BCUT2D eigenvalue weighted by atomic mass is 9.80. The summed E-state index contributed by atoms with van der Waals surface area (Å²) in [5.74, 6) is 7.16. The topological polar surface area (TPSA) is 34.1 Å². The van der Waals surface area contributed by atoms with Crippen LogP contribution in [-0.2, 0) is 14.3 Å². The van der Waals surface area contributed by atoms with Gasteiger partial charge in [-0.05, 0) is 50.9 Å². The van der Waals surface area contributed by atoms with Gasteiger partial charge in [0.15, 0.2) is 0 Å². The fourth-order valence-electron chi connectivity index (χ4n) is 3.13. The van der Waals surface area contributed by atoms with Gasteiger partial charge in [0.25, 0.3) is 0 Å². The monoisotopic (exact) mass is 330 g/mol. The summed E-state index contributed by atoms with van der Waals surface area (Å²) in [4.78, 5) is 10.9. The largest absolute Gasteiger partial charge is 0.300 e. The molecule has 1 heterocycles. The second-order valence-electron chi connectivity index (χ2n) is 9.03. The predicted octanol–water partition coefficient (Wildman–Crippen LogP) is 4.81. The van der Waals surface area contributed by atoms with Crippen LogP contribution in [0.3, 0.4) is 0 Å². The van der Waals surface area contributed by atoms with Crippen molar-refractivity contribution in [2.24, 2.45) is 22.7 Å². The number of carbonyl (C=O) groups excluding carboxylic acids is 1. The van der Waals surface area contributed by atoms with Crippen molar-refractivity contribution in [3.63, 3.8) is 0 Å². The van der Waals surface area contributed by atoms with Crippen molar-refractivity contribution >= 4 is 21.2 Å². The summed E-state index contributed by atoms with van der Waals surface area (Å²) in [6.45, 7) is 13.3. The molecule has 132 valence electrons. The van der Waals surface area contributed by atoms with E-state index in [-0.39, 0.29) is 7.43 Å². The smallest absolute Gasteiger partial charge is 0.133 e. The minimum Gasteiger partial charge on any atom is -0.300 e. The van der Waals surface area contributed by atoms with Crippen LogP contribution in [0.2, 0.25) is 0 Å². The van der Waals surface area contributed by atoms with Crippen LogP contribution in [0.5, 0.6) is 0 Å². The fourth-order valence-corrected chi connectivity index (χ4v) is 5.41. The third-order valence-corrected chi connectivity index (χ3v) is 7.03. The summed E-state index contributed by atoms with van der Waals surface area (Å²) in [6.07, 6.45) is 3.86. The molecule has 2 nitrogen and oxygen atoms in total. The number of ketones is 1. The second kappa shape index (κ2) is 7.51. The van der Waals surface area contributed by atoms with E-state index in [0.717, 1.165) is 37.2 Å². The number of rotatable bonds is 0. The van der Waals surface area contributed by atoms with E-state index in [1.165, 1.54) is 0 Å². The Balaban J connectivity index is 0.000000385. The number of Topliss-reactive ketones (excluding diaryl/α,β-unsaturated/α-hetero) is 1. The van der Waals surface area contributed by atoms with E-state index in [1.807, 2.05) is 0 Å². The van der Waals surface area contributed by atoms with Gasteiger partial charge in [0.05, 0.1) is 0 Å². The molecule has 0 bridgehead atoms. The Hall–Kier alpha value is -0.310. The summed E-state index contributed by atoms with van der Waals surface area (Å²) in [5.41, 5.74) is 0.656. The molecule has 2 fully saturated rings. The first-order valence-electron chi connectivity index (χ1n) is 8.15. The van der Waals surface area contributed by atoms with Gasteiger partial charge >= 0.3 is 0 Å². The Morgan fingerprint density at radius 3 is 1.68 bits per heavy atom. The van der Waals surface area contributed by atoms with Crippen LogP contribution in [0, 0.1) is 22.7 Å². The zero-order valence-electron chi connectivity index (χ0n) is 14.8. The molecule has 1 aliphatic carbocycles. The summed E-state index contributed by atoms with van der Waals surface area (Å²) in [6, 6.07) is 0. The molecule has 0 aromatic rings. The molecule has 0 aromatic heterocycles. The molecule has 22 heavy (non-hydrogen) atoms. The average molecular weight is 331 g/mol. The lowest BCUT2D eigenvalue weighted by molar-refractivity contribution is -0.117. The van der Waals surface area contributed by atoms with Crippen molar-refractivity contribution in [3.8, 4) is 0 Å². The maximum Gasteiger partial charge on any atom is 0.133 e. The van der Waals surface area contributed by atoms with Crippen molar-refractivity contribution in [3.05, 3.63) is 0 Å². The molecule has 1 saturated heterocycles. The Bertz CT molecular complexity index is 461. The second-order valence-corrected chi connectivity index (χ2v) is 11.7. The minimum atomic E-state index is -1.68. The van der Waals surface area contributed by atoms with Crippen LogP contribution in [0.4, 0.5) is 0 Å². The van der Waals surface area contributed by atoms with Gasteiger partial charge in [-0.3, -0.25) is 9.00 Å². The van der Waals surface area contributed by atoms with Crippen LogP contribution in [0.15, 0.2) is 0 Å². The van der Waals surface area contributed by atoms with Crippen molar-refractivity contribution in [1.29, 1.82) is 0 Å². The Morgan fingerprint density at radius 1 is 1.00 bits per heavy atom. The molecule has 0 spiro atoms. The van der Waals surface area contributed by atoms with E-state index in [4.69, 9.17) is 0 Å². The van der Waals surface area contributed by atoms with Gasteiger partial charge in [-0.25, -0.2) is 0 Å². The van der Waals surface area contributed by atoms with Crippen molar-refractivity contribution in [2.75, 3.05) is 11.5 Å². The van der Waals surface area contributed by atoms with Crippen LogP contribution in [-0.4, -0.2) is 27.4 Å². The van der Waals surface area contributed by atoms with E-state index in [9.17, 15) is 9.00 Å². The molecule has 1 aliphatic heterocycles. The molecule has 3 heteroatoms. The maximum absolute atomic E-state index is 11.5. The van der Waals surface area contributed by atoms with Crippen LogP contribution < -0.4 is 0 Å². The van der Waals surface area contributed by atoms with Gasteiger partial charge < -0.3 is 0 Å².